The lowest BCUT2D eigenvalue weighted by Gasteiger charge is -2.10. The highest BCUT2D eigenvalue weighted by molar-refractivity contribution is 7.16. The summed E-state index contributed by atoms with van der Waals surface area (Å²) in [6, 6.07) is 1.89. The van der Waals surface area contributed by atoms with E-state index in [1.165, 1.54) is 18.4 Å². The molecule has 0 spiro atoms. The Morgan fingerprint density at radius 1 is 1.30 bits per heavy atom. The molecule has 0 aromatic carbocycles. The Morgan fingerprint density at radius 2 is 2.05 bits per heavy atom. The number of pyridine rings is 2. The van der Waals surface area contributed by atoms with E-state index < -0.39 is 5.97 Å². The van der Waals surface area contributed by atoms with Gasteiger partial charge in [0.1, 0.15) is 4.83 Å². The van der Waals surface area contributed by atoms with Crippen LogP contribution in [0.2, 0.25) is 0 Å². The van der Waals surface area contributed by atoms with Crippen molar-refractivity contribution in [2.75, 3.05) is 7.11 Å². The summed E-state index contributed by atoms with van der Waals surface area (Å²) in [5.74, 6) is -0.474. The maximum absolute atomic E-state index is 12.2. The molecule has 102 valence electrons. The standard InChI is InChI=1S/C14H12N2O3S/c1-6-9-11(10(7(2)15-6)14(18)19-3)8-4-5-20-13(8)16-12(9)17/h4-5H,1-3H3,(H,16,17). The zero-order chi connectivity index (χ0) is 14.4. The molecule has 0 fully saturated rings. The van der Waals surface area contributed by atoms with Crippen molar-refractivity contribution in [1.82, 2.24) is 9.97 Å². The number of aryl methyl sites for hydroxylation is 2. The van der Waals surface area contributed by atoms with Crippen LogP contribution in [0.5, 0.6) is 0 Å². The SMILES string of the molecule is COC(=O)c1c(C)nc(C)c2c(=O)[nH]c3sccc3c12. The average molecular weight is 288 g/mol. The second kappa shape index (κ2) is 4.42. The van der Waals surface area contributed by atoms with E-state index in [4.69, 9.17) is 4.74 Å². The van der Waals surface area contributed by atoms with E-state index in [-0.39, 0.29) is 5.56 Å². The predicted molar refractivity (Wildman–Crippen MR) is 78.6 cm³/mol. The summed E-state index contributed by atoms with van der Waals surface area (Å²) in [6.45, 7) is 3.52. The van der Waals surface area contributed by atoms with Crippen molar-refractivity contribution in [3.8, 4) is 0 Å². The molecule has 0 aliphatic heterocycles. The fraction of sp³-hybridized carbons (Fsp3) is 0.214. The Hall–Kier alpha value is -2.21. The number of aromatic nitrogens is 2. The summed E-state index contributed by atoms with van der Waals surface area (Å²) >= 11 is 1.43. The summed E-state index contributed by atoms with van der Waals surface area (Å²) in [5.41, 5.74) is 1.31. The van der Waals surface area contributed by atoms with Gasteiger partial charge in [0.2, 0.25) is 0 Å². The molecular formula is C14H12N2O3S. The van der Waals surface area contributed by atoms with Gasteiger partial charge in [-0.1, -0.05) is 0 Å². The number of hydrogen-bond acceptors (Lipinski definition) is 5. The number of aromatic amines is 1. The van der Waals surface area contributed by atoms with Gasteiger partial charge in [-0.05, 0) is 25.3 Å². The zero-order valence-electron chi connectivity index (χ0n) is 11.2. The summed E-state index contributed by atoms with van der Waals surface area (Å²) < 4.78 is 4.84. The molecular weight excluding hydrogens is 276 g/mol. The molecule has 0 atom stereocenters. The van der Waals surface area contributed by atoms with E-state index in [1.807, 2.05) is 11.4 Å². The number of fused-ring (bicyclic) bond motifs is 3. The number of carbonyl (C=O) groups excluding carboxylic acids is 1. The van der Waals surface area contributed by atoms with Gasteiger partial charge in [0, 0.05) is 10.8 Å². The molecule has 3 heterocycles. The quantitative estimate of drug-likeness (QED) is 0.698. The average Bonchev–Trinajstić information content (AvgIpc) is 2.85. The third-order valence-corrected chi connectivity index (χ3v) is 4.17. The van der Waals surface area contributed by atoms with E-state index in [0.29, 0.717) is 27.7 Å². The van der Waals surface area contributed by atoms with Gasteiger partial charge >= 0.3 is 5.97 Å². The molecule has 6 heteroatoms. The molecule has 3 aromatic heterocycles. The summed E-state index contributed by atoms with van der Waals surface area (Å²) in [6.07, 6.45) is 0. The third-order valence-electron chi connectivity index (χ3n) is 3.34. The Morgan fingerprint density at radius 3 is 2.75 bits per heavy atom. The number of esters is 1. The molecule has 0 radical (unpaired) electrons. The Kier molecular flexibility index (Phi) is 2.83. The topological polar surface area (TPSA) is 72.0 Å². The number of thiophene rings is 1. The molecule has 0 unspecified atom stereocenters. The fourth-order valence-corrected chi connectivity index (χ4v) is 3.31. The van der Waals surface area contributed by atoms with Gasteiger partial charge < -0.3 is 9.72 Å². The van der Waals surface area contributed by atoms with Crippen LogP contribution in [0.15, 0.2) is 16.2 Å². The molecule has 1 N–H and O–H groups in total. The molecule has 0 saturated heterocycles. The smallest absolute Gasteiger partial charge is 0.340 e. The monoisotopic (exact) mass is 288 g/mol. The first kappa shape index (κ1) is 12.8. The Balaban J connectivity index is 2.68. The predicted octanol–water partition coefficient (Wildman–Crippen LogP) is 2.54. The maximum Gasteiger partial charge on any atom is 0.340 e. The summed E-state index contributed by atoms with van der Waals surface area (Å²) in [5, 5.41) is 3.80. The number of nitrogens with one attached hydrogen (secondary N) is 1. The summed E-state index contributed by atoms with van der Waals surface area (Å²) in [7, 11) is 1.32. The van der Waals surface area contributed by atoms with Gasteiger partial charge in [0.05, 0.1) is 29.4 Å². The van der Waals surface area contributed by atoms with Crippen LogP contribution < -0.4 is 5.56 Å². The lowest BCUT2D eigenvalue weighted by atomic mass is 10.0. The Labute approximate surface area is 118 Å². The summed E-state index contributed by atoms with van der Waals surface area (Å²) in [4.78, 5) is 32.2. The molecule has 0 bridgehead atoms. The molecule has 3 aromatic rings. The second-order valence-electron chi connectivity index (χ2n) is 4.52. The van der Waals surface area contributed by atoms with Crippen LogP contribution in [-0.2, 0) is 4.74 Å². The number of ether oxygens (including phenoxy) is 1. The van der Waals surface area contributed by atoms with E-state index in [2.05, 4.69) is 9.97 Å². The zero-order valence-corrected chi connectivity index (χ0v) is 12.1. The lowest BCUT2D eigenvalue weighted by Crippen LogP contribution is -2.14. The molecule has 0 aliphatic carbocycles. The van der Waals surface area contributed by atoms with Crippen molar-refractivity contribution < 1.29 is 9.53 Å². The van der Waals surface area contributed by atoms with Crippen molar-refractivity contribution in [3.05, 3.63) is 38.8 Å². The molecule has 5 nitrogen and oxygen atoms in total. The van der Waals surface area contributed by atoms with E-state index in [1.54, 1.807) is 13.8 Å². The van der Waals surface area contributed by atoms with Gasteiger partial charge in [-0.25, -0.2) is 4.79 Å². The molecule has 0 saturated carbocycles. The normalized spacial score (nSPS) is 11.2. The van der Waals surface area contributed by atoms with Gasteiger partial charge in [-0.3, -0.25) is 9.78 Å². The highest BCUT2D eigenvalue weighted by Crippen LogP contribution is 2.30. The van der Waals surface area contributed by atoms with Crippen LogP contribution in [-0.4, -0.2) is 23.0 Å². The fourth-order valence-electron chi connectivity index (χ4n) is 2.52. The van der Waals surface area contributed by atoms with Gasteiger partial charge in [0.15, 0.2) is 0 Å². The number of rotatable bonds is 1. The third kappa shape index (κ3) is 1.65. The van der Waals surface area contributed by atoms with Crippen molar-refractivity contribution in [2.45, 2.75) is 13.8 Å². The highest BCUT2D eigenvalue weighted by atomic mass is 32.1. The number of methoxy groups -OCH3 is 1. The van der Waals surface area contributed by atoms with Crippen LogP contribution in [0.25, 0.3) is 21.0 Å². The minimum Gasteiger partial charge on any atom is -0.465 e. The number of nitrogens with zero attached hydrogens (tertiary/aromatic N) is 1. The first-order valence-electron chi connectivity index (χ1n) is 6.03. The van der Waals surface area contributed by atoms with E-state index in [9.17, 15) is 9.59 Å². The first-order chi connectivity index (χ1) is 9.54. The van der Waals surface area contributed by atoms with Crippen molar-refractivity contribution in [1.29, 1.82) is 0 Å². The van der Waals surface area contributed by atoms with Gasteiger partial charge in [-0.2, -0.15) is 0 Å². The van der Waals surface area contributed by atoms with Crippen molar-refractivity contribution >= 4 is 38.3 Å². The van der Waals surface area contributed by atoms with Crippen molar-refractivity contribution in [3.63, 3.8) is 0 Å². The highest BCUT2D eigenvalue weighted by Gasteiger charge is 2.21. The molecule has 0 aliphatic rings. The molecule has 0 amide bonds. The first-order valence-corrected chi connectivity index (χ1v) is 6.91. The Bertz CT molecular complexity index is 908. The molecule has 3 rings (SSSR count). The largest absolute Gasteiger partial charge is 0.465 e. The maximum atomic E-state index is 12.2. The van der Waals surface area contributed by atoms with Crippen LogP contribution in [0.4, 0.5) is 0 Å². The van der Waals surface area contributed by atoms with Crippen LogP contribution in [0.3, 0.4) is 0 Å². The van der Waals surface area contributed by atoms with Crippen LogP contribution in [0, 0.1) is 13.8 Å². The van der Waals surface area contributed by atoms with E-state index >= 15 is 0 Å². The second-order valence-corrected chi connectivity index (χ2v) is 5.43. The van der Waals surface area contributed by atoms with E-state index in [0.717, 1.165) is 10.2 Å². The molecule has 20 heavy (non-hydrogen) atoms. The minimum atomic E-state index is -0.474. The number of carbonyl (C=O) groups is 1. The minimum absolute atomic E-state index is 0.231. The van der Waals surface area contributed by atoms with Gasteiger partial charge in [0.25, 0.3) is 5.56 Å². The number of hydrogen-bond donors (Lipinski definition) is 1. The van der Waals surface area contributed by atoms with Crippen molar-refractivity contribution in [2.24, 2.45) is 0 Å². The van der Waals surface area contributed by atoms with Crippen LogP contribution in [0.1, 0.15) is 21.7 Å². The number of H-pyrrole nitrogens is 1. The van der Waals surface area contributed by atoms with Gasteiger partial charge in [-0.15, -0.1) is 11.3 Å². The lowest BCUT2D eigenvalue weighted by molar-refractivity contribution is 0.0602. The van der Waals surface area contributed by atoms with Crippen LogP contribution >= 0.6 is 11.3 Å².